The lowest BCUT2D eigenvalue weighted by Crippen LogP contribution is -2.24. The molecule has 0 aliphatic rings. The van der Waals surface area contributed by atoms with Crippen molar-refractivity contribution < 1.29 is 4.74 Å². The molecule has 1 aromatic carbocycles. The highest BCUT2D eigenvalue weighted by Crippen LogP contribution is 2.07. The number of methoxy groups -OCH3 is 1. The molecule has 0 aliphatic heterocycles. The van der Waals surface area contributed by atoms with Crippen LogP contribution in [0.25, 0.3) is 0 Å². The molecule has 2 heteroatoms. The summed E-state index contributed by atoms with van der Waals surface area (Å²) in [5.74, 6) is 0. The van der Waals surface area contributed by atoms with E-state index in [0.29, 0.717) is 6.54 Å². The third kappa shape index (κ3) is 3.17. The van der Waals surface area contributed by atoms with Crippen LogP contribution in [0.4, 0.5) is 0 Å². The van der Waals surface area contributed by atoms with E-state index >= 15 is 0 Å². The van der Waals surface area contributed by atoms with Crippen LogP contribution < -0.4 is 5.73 Å². The fourth-order valence-corrected chi connectivity index (χ4v) is 1.36. The van der Waals surface area contributed by atoms with Crippen LogP contribution in [0, 0.1) is 6.92 Å². The number of nitrogens with two attached hydrogens (primary N) is 1. The van der Waals surface area contributed by atoms with E-state index in [1.54, 1.807) is 7.11 Å². The summed E-state index contributed by atoms with van der Waals surface area (Å²) < 4.78 is 5.22. The Morgan fingerprint density at radius 1 is 1.46 bits per heavy atom. The minimum Gasteiger partial charge on any atom is -0.380 e. The summed E-state index contributed by atoms with van der Waals surface area (Å²) in [4.78, 5) is 0. The number of benzene rings is 1. The molecular weight excluding hydrogens is 162 g/mol. The second-order valence-electron chi connectivity index (χ2n) is 3.29. The van der Waals surface area contributed by atoms with Crippen molar-refractivity contribution in [3.63, 3.8) is 0 Å². The van der Waals surface area contributed by atoms with E-state index < -0.39 is 0 Å². The van der Waals surface area contributed by atoms with E-state index in [0.717, 1.165) is 6.42 Å². The van der Waals surface area contributed by atoms with Gasteiger partial charge in [-0.15, -0.1) is 0 Å². The van der Waals surface area contributed by atoms with E-state index in [1.807, 2.05) is 0 Å². The van der Waals surface area contributed by atoms with E-state index in [-0.39, 0.29) is 6.10 Å². The lowest BCUT2D eigenvalue weighted by Gasteiger charge is -2.12. The first-order valence-electron chi connectivity index (χ1n) is 4.54. The quantitative estimate of drug-likeness (QED) is 0.760. The molecule has 0 heterocycles. The molecule has 0 radical (unpaired) electrons. The summed E-state index contributed by atoms with van der Waals surface area (Å²) >= 11 is 0. The molecule has 0 amide bonds. The highest BCUT2D eigenvalue weighted by Gasteiger charge is 2.05. The predicted octanol–water partition coefficient (Wildman–Crippen LogP) is 1.51. The van der Waals surface area contributed by atoms with Crippen LogP contribution in [-0.2, 0) is 11.2 Å². The first-order chi connectivity index (χ1) is 6.26. The summed E-state index contributed by atoms with van der Waals surface area (Å²) in [5.41, 5.74) is 8.12. The van der Waals surface area contributed by atoms with Gasteiger partial charge in [0.1, 0.15) is 0 Å². The maximum absolute atomic E-state index is 5.54. The second-order valence-corrected chi connectivity index (χ2v) is 3.29. The minimum absolute atomic E-state index is 0.141. The van der Waals surface area contributed by atoms with Crippen molar-refractivity contribution in [2.45, 2.75) is 19.4 Å². The number of rotatable bonds is 4. The van der Waals surface area contributed by atoms with Crippen molar-refractivity contribution in [3.05, 3.63) is 35.4 Å². The maximum Gasteiger partial charge on any atom is 0.0733 e. The van der Waals surface area contributed by atoms with E-state index in [9.17, 15) is 0 Å². The molecule has 2 nitrogen and oxygen atoms in total. The summed E-state index contributed by atoms with van der Waals surface area (Å²) in [6, 6.07) is 8.43. The van der Waals surface area contributed by atoms with Crippen LogP contribution in [0.3, 0.4) is 0 Å². The summed E-state index contributed by atoms with van der Waals surface area (Å²) in [6.07, 6.45) is 1.04. The Morgan fingerprint density at radius 2 is 2.23 bits per heavy atom. The van der Waals surface area contributed by atoms with Crippen molar-refractivity contribution in [2.75, 3.05) is 13.7 Å². The van der Waals surface area contributed by atoms with Gasteiger partial charge in [0.2, 0.25) is 0 Å². The number of hydrogen-bond acceptors (Lipinski definition) is 2. The van der Waals surface area contributed by atoms with Gasteiger partial charge >= 0.3 is 0 Å². The molecule has 0 saturated heterocycles. The van der Waals surface area contributed by atoms with Crippen LogP contribution >= 0.6 is 0 Å². The SMILES string of the molecule is COC(CN)Cc1cccc(C)c1. The van der Waals surface area contributed by atoms with Gasteiger partial charge in [-0.05, 0) is 18.9 Å². The maximum atomic E-state index is 5.54. The molecule has 0 aromatic heterocycles. The van der Waals surface area contributed by atoms with Gasteiger partial charge < -0.3 is 10.5 Å². The molecule has 0 fully saturated rings. The zero-order valence-corrected chi connectivity index (χ0v) is 8.29. The highest BCUT2D eigenvalue weighted by atomic mass is 16.5. The zero-order valence-electron chi connectivity index (χ0n) is 8.29. The molecule has 0 bridgehead atoms. The molecule has 0 aliphatic carbocycles. The smallest absolute Gasteiger partial charge is 0.0733 e. The monoisotopic (exact) mass is 179 g/mol. The number of aryl methyl sites for hydroxylation is 1. The molecular formula is C11H17NO. The van der Waals surface area contributed by atoms with Crippen molar-refractivity contribution >= 4 is 0 Å². The van der Waals surface area contributed by atoms with Crippen molar-refractivity contribution in [1.82, 2.24) is 0 Å². The Balaban J connectivity index is 2.62. The average Bonchev–Trinajstić information content (AvgIpc) is 2.14. The predicted molar refractivity (Wildman–Crippen MR) is 54.7 cm³/mol. The van der Waals surface area contributed by atoms with Crippen LogP contribution in [0.1, 0.15) is 11.1 Å². The van der Waals surface area contributed by atoms with Gasteiger partial charge in [0.25, 0.3) is 0 Å². The van der Waals surface area contributed by atoms with E-state index in [4.69, 9.17) is 10.5 Å². The van der Waals surface area contributed by atoms with Gasteiger partial charge in [0.15, 0.2) is 0 Å². The molecule has 1 atom stereocenters. The summed E-state index contributed by atoms with van der Waals surface area (Å²) in [5, 5.41) is 0. The first-order valence-corrected chi connectivity index (χ1v) is 4.54. The topological polar surface area (TPSA) is 35.2 Å². The fraction of sp³-hybridized carbons (Fsp3) is 0.455. The van der Waals surface area contributed by atoms with Crippen LogP contribution in [0.2, 0.25) is 0 Å². The fourth-order valence-electron chi connectivity index (χ4n) is 1.36. The van der Waals surface area contributed by atoms with Crippen LogP contribution in [-0.4, -0.2) is 19.8 Å². The Bertz CT molecular complexity index is 256. The highest BCUT2D eigenvalue weighted by molar-refractivity contribution is 5.22. The Hall–Kier alpha value is -0.860. The number of ether oxygens (including phenoxy) is 1. The molecule has 0 saturated carbocycles. The van der Waals surface area contributed by atoms with Crippen molar-refractivity contribution in [3.8, 4) is 0 Å². The van der Waals surface area contributed by atoms with E-state index in [1.165, 1.54) is 11.1 Å². The molecule has 1 aromatic rings. The van der Waals surface area contributed by atoms with Gasteiger partial charge in [0.05, 0.1) is 6.10 Å². The molecule has 1 rings (SSSR count). The Labute approximate surface area is 79.7 Å². The normalized spacial score (nSPS) is 12.8. The third-order valence-electron chi connectivity index (χ3n) is 2.14. The zero-order chi connectivity index (χ0) is 9.68. The van der Waals surface area contributed by atoms with E-state index in [2.05, 4.69) is 31.2 Å². The lowest BCUT2D eigenvalue weighted by atomic mass is 10.1. The molecule has 13 heavy (non-hydrogen) atoms. The Morgan fingerprint density at radius 3 is 2.77 bits per heavy atom. The molecule has 2 N–H and O–H groups in total. The first kappa shape index (κ1) is 10.2. The van der Waals surface area contributed by atoms with Crippen LogP contribution in [0.5, 0.6) is 0 Å². The molecule has 1 unspecified atom stereocenters. The van der Waals surface area contributed by atoms with Gasteiger partial charge in [0, 0.05) is 13.7 Å². The molecule has 0 spiro atoms. The molecule has 72 valence electrons. The largest absolute Gasteiger partial charge is 0.380 e. The van der Waals surface area contributed by atoms with Gasteiger partial charge in [-0.2, -0.15) is 0 Å². The summed E-state index contributed by atoms with van der Waals surface area (Å²) in [6.45, 7) is 2.66. The standard InChI is InChI=1S/C11H17NO/c1-9-4-3-5-10(6-9)7-11(8-12)13-2/h3-6,11H,7-8,12H2,1-2H3. The summed E-state index contributed by atoms with van der Waals surface area (Å²) in [7, 11) is 1.70. The third-order valence-corrected chi connectivity index (χ3v) is 2.14. The lowest BCUT2D eigenvalue weighted by molar-refractivity contribution is 0.110. The average molecular weight is 179 g/mol. The second kappa shape index (κ2) is 5.00. The van der Waals surface area contributed by atoms with Crippen molar-refractivity contribution in [1.29, 1.82) is 0 Å². The van der Waals surface area contributed by atoms with Crippen molar-refractivity contribution in [2.24, 2.45) is 5.73 Å². The van der Waals surface area contributed by atoms with Gasteiger partial charge in [-0.3, -0.25) is 0 Å². The Kier molecular flexibility index (Phi) is 3.93. The van der Waals surface area contributed by atoms with Gasteiger partial charge in [-0.1, -0.05) is 29.8 Å². The van der Waals surface area contributed by atoms with Crippen LogP contribution in [0.15, 0.2) is 24.3 Å². The minimum atomic E-state index is 0.141. The number of hydrogen-bond donors (Lipinski definition) is 1. The van der Waals surface area contributed by atoms with Gasteiger partial charge in [-0.25, -0.2) is 0 Å².